The summed E-state index contributed by atoms with van der Waals surface area (Å²) in [5.74, 6) is -0.0975. The van der Waals surface area contributed by atoms with Gasteiger partial charge in [-0.05, 0) is 6.92 Å². The van der Waals surface area contributed by atoms with E-state index in [1.807, 2.05) is 0 Å². The highest BCUT2D eigenvalue weighted by atomic mass is 16.7. The number of hydrogen-bond acceptors (Lipinski definition) is 10. The quantitative estimate of drug-likeness (QED) is 0.369. The number of aliphatic hydroxyl groups is 2. The second-order valence-electron chi connectivity index (χ2n) is 6.32. The maximum atomic E-state index is 13.1. The Bertz CT molecular complexity index is 993. The molecule has 0 aliphatic carbocycles. The molecule has 4 atom stereocenters. The third-order valence-electron chi connectivity index (χ3n) is 4.52. The van der Waals surface area contributed by atoms with Crippen molar-refractivity contribution in [3.63, 3.8) is 0 Å². The van der Waals surface area contributed by atoms with Crippen LogP contribution >= 0.6 is 0 Å². The van der Waals surface area contributed by atoms with Gasteiger partial charge < -0.3 is 30.4 Å². The van der Waals surface area contributed by atoms with Crippen LogP contribution in [0.15, 0.2) is 24.9 Å². The van der Waals surface area contributed by atoms with E-state index in [-0.39, 0.29) is 19.1 Å². The van der Waals surface area contributed by atoms with Crippen LogP contribution in [0.5, 0.6) is 0 Å². The Hall–Kier alpha value is -3.13. The molecule has 1 saturated heterocycles. The molecule has 3 aromatic heterocycles. The topological polar surface area (TPSA) is 178 Å². The number of nitrogens with two attached hydrogens (primary N) is 1. The molecule has 1 amide bonds. The molecule has 0 aromatic carbocycles. The zero-order valence-corrected chi connectivity index (χ0v) is 15.4. The number of aliphatic hydroxyl groups excluding tert-OH is 2. The van der Waals surface area contributed by atoms with Crippen LogP contribution in [-0.4, -0.2) is 76.9 Å². The smallest absolute Gasteiger partial charge is 0.273 e. The summed E-state index contributed by atoms with van der Waals surface area (Å²) in [4.78, 5) is 32.1. The van der Waals surface area contributed by atoms with Gasteiger partial charge in [0.2, 0.25) is 5.95 Å². The number of aromatic amines is 1. The fourth-order valence-electron chi connectivity index (χ4n) is 3.14. The zero-order chi connectivity index (χ0) is 20.5. The highest BCUT2D eigenvalue weighted by Gasteiger charge is 2.49. The van der Waals surface area contributed by atoms with Gasteiger partial charge in [0.25, 0.3) is 5.91 Å². The summed E-state index contributed by atoms with van der Waals surface area (Å²) >= 11 is 0. The molecule has 5 N–H and O–H groups in total. The Morgan fingerprint density at radius 2 is 2.24 bits per heavy atom. The molecule has 4 heterocycles. The van der Waals surface area contributed by atoms with Crippen molar-refractivity contribution >= 4 is 23.0 Å². The lowest BCUT2D eigenvalue weighted by molar-refractivity contribution is -0.177. The highest BCUT2D eigenvalue weighted by molar-refractivity contribution is 5.93. The summed E-state index contributed by atoms with van der Waals surface area (Å²) in [6, 6.07) is 0. The molecular weight excluding hydrogens is 384 g/mol. The molecule has 0 radical (unpaired) electrons. The molecule has 1 fully saturated rings. The number of carbonyl (C=O) groups excluding carboxylic acids is 1. The highest BCUT2D eigenvalue weighted by Crippen LogP contribution is 2.25. The molecule has 154 valence electrons. The molecule has 13 nitrogen and oxygen atoms in total. The maximum Gasteiger partial charge on any atom is 0.273 e. The lowest BCUT2D eigenvalue weighted by atomic mass is 10.1. The fraction of sp³-hybridized carbons (Fsp3) is 0.438. The van der Waals surface area contributed by atoms with Gasteiger partial charge in [-0.15, -0.1) is 0 Å². The van der Waals surface area contributed by atoms with Crippen molar-refractivity contribution in [2.24, 2.45) is 0 Å². The zero-order valence-electron chi connectivity index (χ0n) is 15.4. The van der Waals surface area contributed by atoms with Gasteiger partial charge in [0.1, 0.15) is 36.5 Å². The van der Waals surface area contributed by atoms with Gasteiger partial charge in [0, 0.05) is 18.9 Å². The molecule has 13 heteroatoms. The Balaban J connectivity index is 1.54. The number of rotatable bonds is 6. The first kappa shape index (κ1) is 19.2. The second kappa shape index (κ2) is 7.71. The third-order valence-corrected chi connectivity index (χ3v) is 4.52. The number of nitrogens with one attached hydrogen (secondary N) is 1. The van der Waals surface area contributed by atoms with Gasteiger partial charge in [-0.2, -0.15) is 4.68 Å². The minimum absolute atomic E-state index is 0.00980. The molecule has 0 bridgehead atoms. The van der Waals surface area contributed by atoms with E-state index in [1.54, 1.807) is 19.3 Å². The number of imidazole rings is 2. The van der Waals surface area contributed by atoms with Crippen LogP contribution in [-0.2, 0) is 20.9 Å². The monoisotopic (exact) mass is 404 g/mol. The molecule has 1 aliphatic rings. The van der Waals surface area contributed by atoms with Gasteiger partial charge in [-0.3, -0.25) is 4.79 Å². The van der Waals surface area contributed by atoms with Crippen molar-refractivity contribution in [2.75, 3.05) is 17.3 Å². The van der Waals surface area contributed by atoms with Crippen LogP contribution in [0.1, 0.15) is 12.7 Å². The summed E-state index contributed by atoms with van der Waals surface area (Å²) in [5, 5.41) is 21.9. The van der Waals surface area contributed by atoms with E-state index in [9.17, 15) is 15.0 Å². The second-order valence-corrected chi connectivity index (χ2v) is 6.32. The SMILES string of the molecule is CCN(C(=O)[C@H]1O[C@@H](OCc2ncc[nH]2)[C@H](O)[C@@H]1O)n1c(N)nc2cncnc21. The molecule has 0 saturated carbocycles. The lowest BCUT2D eigenvalue weighted by Gasteiger charge is -2.26. The first-order valence-corrected chi connectivity index (χ1v) is 8.88. The number of ether oxygens (including phenoxy) is 2. The molecular formula is C16H20N8O5. The minimum atomic E-state index is -1.50. The molecule has 0 unspecified atom stereocenters. The van der Waals surface area contributed by atoms with E-state index in [4.69, 9.17) is 15.2 Å². The summed E-state index contributed by atoms with van der Waals surface area (Å²) in [7, 11) is 0. The first-order chi connectivity index (χ1) is 14.0. The Kier molecular flexibility index (Phi) is 5.10. The van der Waals surface area contributed by atoms with E-state index in [0.29, 0.717) is 17.0 Å². The Morgan fingerprint density at radius 1 is 1.41 bits per heavy atom. The summed E-state index contributed by atoms with van der Waals surface area (Å²) in [6.45, 7) is 1.90. The average Bonchev–Trinajstić information content (AvgIpc) is 3.41. The number of hydrogen-bond donors (Lipinski definition) is 4. The fourth-order valence-corrected chi connectivity index (χ4v) is 3.14. The molecule has 1 aliphatic heterocycles. The number of carbonyl (C=O) groups is 1. The number of aromatic nitrogens is 6. The van der Waals surface area contributed by atoms with E-state index in [0.717, 1.165) is 0 Å². The van der Waals surface area contributed by atoms with Gasteiger partial charge in [-0.25, -0.2) is 24.9 Å². The summed E-state index contributed by atoms with van der Waals surface area (Å²) in [6.07, 6.45) is 0.452. The van der Waals surface area contributed by atoms with E-state index in [1.165, 1.54) is 22.2 Å². The van der Waals surface area contributed by atoms with Crippen LogP contribution in [0.3, 0.4) is 0 Å². The van der Waals surface area contributed by atoms with E-state index < -0.39 is 30.5 Å². The number of nitrogen functional groups attached to an aromatic ring is 1. The number of anilines is 1. The number of likely N-dealkylation sites (N-methyl/N-ethyl adjacent to an activating group) is 1. The van der Waals surface area contributed by atoms with Crippen molar-refractivity contribution in [2.45, 2.75) is 38.1 Å². The number of H-pyrrole nitrogens is 1. The van der Waals surface area contributed by atoms with Crippen molar-refractivity contribution in [1.29, 1.82) is 0 Å². The van der Waals surface area contributed by atoms with Crippen LogP contribution < -0.4 is 10.7 Å². The molecule has 3 aromatic rings. The normalized spacial score (nSPS) is 24.2. The predicted octanol–water partition coefficient (Wildman–Crippen LogP) is -1.72. The van der Waals surface area contributed by atoms with E-state index >= 15 is 0 Å². The van der Waals surface area contributed by atoms with Crippen LogP contribution in [0.4, 0.5) is 5.95 Å². The predicted molar refractivity (Wildman–Crippen MR) is 97.6 cm³/mol. The standard InChI is InChI=1S/C16H20N8O5/c1-2-23(24-13-8(22-16(24)17)5-18-7-21-13)14(27)12-10(25)11(26)15(29-12)28-6-9-19-3-4-20-9/h3-5,7,10-12,15,25-26H,2,6H2,1H3,(H2,17,22)(H,19,20)/t10-,11+,12-,15+/m0/s1. The summed E-state index contributed by atoms with van der Waals surface area (Å²) in [5.41, 5.74) is 6.69. The number of amides is 1. The molecule has 4 rings (SSSR count). The van der Waals surface area contributed by atoms with Crippen LogP contribution in [0.2, 0.25) is 0 Å². The maximum absolute atomic E-state index is 13.1. The Labute approximate surface area is 164 Å². The van der Waals surface area contributed by atoms with Crippen molar-refractivity contribution in [3.8, 4) is 0 Å². The Morgan fingerprint density at radius 3 is 2.97 bits per heavy atom. The molecule has 29 heavy (non-hydrogen) atoms. The first-order valence-electron chi connectivity index (χ1n) is 8.88. The van der Waals surface area contributed by atoms with Crippen molar-refractivity contribution in [3.05, 3.63) is 30.7 Å². The largest absolute Gasteiger partial charge is 0.387 e. The van der Waals surface area contributed by atoms with E-state index in [2.05, 4.69) is 24.9 Å². The van der Waals surface area contributed by atoms with Gasteiger partial charge >= 0.3 is 0 Å². The summed E-state index contributed by atoms with van der Waals surface area (Å²) < 4.78 is 12.3. The molecule has 0 spiro atoms. The van der Waals surface area contributed by atoms with Gasteiger partial charge in [0.05, 0.1) is 6.20 Å². The third kappa shape index (κ3) is 3.40. The number of nitrogens with zero attached hydrogens (tertiary/aromatic N) is 6. The lowest BCUT2D eigenvalue weighted by Crippen LogP contribution is -2.50. The minimum Gasteiger partial charge on any atom is -0.387 e. The van der Waals surface area contributed by atoms with Gasteiger partial charge in [-0.1, -0.05) is 0 Å². The van der Waals surface area contributed by atoms with Crippen molar-refractivity contribution < 1.29 is 24.5 Å². The average molecular weight is 404 g/mol. The van der Waals surface area contributed by atoms with Crippen LogP contribution in [0.25, 0.3) is 11.2 Å². The van der Waals surface area contributed by atoms with Gasteiger partial charge in [0.15, 0.2) is 18.0 Å². The van der Waals surface area contributed by atoms with Crippen molar-refractivity contribution in [1.82, 2.24) is 29.6 Å². The number of fused-ring (bicyclic) bond motifs is 1. The van der Waals surface area contributed by atoms with Crippen LogP contribution in [0, 0.1) is 0 Å².